The van der Waals surface area contributed by atoms with Crippen LogP contribution < -0.4 is 5.48 Å². The van der Waals surface area contributed by atoms with Crippen molar-refractivity contribution in [1.29, 1.82) is 0 Å². The lowest BCUT2D eigenvalue weighted by atomic mass is 10.3. The largest absolute Gasteiger partial charge is 0.295 e. The zero-order valence-corrected chi connectivity index (χ0v) is 5.07. The van der Waals surface area contributed by atoms with E-state index in [4.69, 9.17) is 0 Å². The van der Waals surface area contributed by atoms with E-state index in [1.807, 2.05) is 0 Å². The Kier molecular flexibility index (Phi) is 1.96. The lowest BCUT2D eigenvalue weighted by Gasteiger charge is -1.92. The molecule has 1 heterocycles. The van der Waals surface area contributed by atoms with Crippen molar-refractivity contribution in [3.63, 3.8) is 0 Å². The van der Waals surface area contributed by atoms with Crippen LogP contribution in [0.15, 0.2) is 24.4 Å². The first-order chi connectivity index (χ1) is 4.84. The summed E-state index contributed by atoms with van der Waals surface area (Å²) in [4.78, 5) is 14.2. The molecule has 0 aliphatic heterocycles. The van der Waals surface area contributed by atoms with Crippen molar-refractivity contribution in [2.75, 3.05) is 0 Å². The number of hydrogen-bond donors (Lipinski definition) is 1. The number of nitrogens with zero attached hydrogens (tertiary/aromatic N) is 1. The Morgan fingerprint density at radius 2 is 2.30 bits per heavy atom. The second-order valence-corrected chi connectivity index (χ2v) is 1.65. The third kappa shape index (κ3) is 1.29. The zero-order valence-electron chi connectivity index (χ0n) is 5.07. The molecule has 1 N–H and O–H groups in total. The summed E-state index contributed by atoms with van der Waals surface area (Å²) in [6, 6.07) is 4.77. The molecule has 4 heteroatoms. The Labute approximate surface area is 57.5 Å². The van der Waals surface area contributed by atoms with Gasteiger partial charge in [0, 0.05) is 6.20 Å². The summed E-state index contributed by atoms with van der Waals surface area (Å²) in [5, 5.41) is 9.79. The summed E-state index contributed by atoms with van der Waals surface area (Å²) in [7, 11) is 0. The van der Waals surface area contributed by atoms with E-state index in [0.717, 1.165) is 0 Å². The Hall–Kier alpha value is -1.42. The van der Waals surface area contributed by atoms with Crippen LogP contribution in [0.5, 0.6) is 0 Å². The molecule has 0 fully saturated rings. The minimum Gasteiger partial charge on any atom is -0.265 e. The lowest BCUT2D eigenvalue weighted by Crippen LogP contribution is -2.17. The molecule has 0 unspecified atom stereocenters. The van der Waals surface area contributed by atoms with Crippen molar-refractivity contribution in [3.05, 3.63) is 30.1 Å². The molecule has 0 aromatic carbocycles. The quantitative estimate of drug-likeness (QED) is 0.560. The van der Waals surface area contributed by atoms with Gasteiger partial charge in [-0.1, -0.05) is 11.3 Å². The molecule has 0 spiro atoms. The minimum absolute atomic E-state index is 0.137. The molecule has 1 aromatic rings. The van der Waals surface area contributed by atoms with E-state index >= 15 is 0 Å². The van der Waals surface area contributed by atoms with Gasteiger partial charge in [-0.2, -0.15) is 5.48 Å². The third-order valence-corrected chi connectivity index (χ3v) is 0.990. The minimum atomic E-state index is -0.708. The zero-order chi connectivity index (χ0) is 7.40. The van der Waals surface area contributed by atoms with E-state index in [0.29, 0.717) is 0 Å². The molecule has 0 saturated heterocycles. The molecular formula is C6H5N2O2. The van der Waals surface area contributed by atoms with Crippen LogP contribution in [0, 0.1) is 0 Å². The van der Waals surface area contributed by atoms with Crippen LogP contribution in [0.25, 0.3) is 0 Å². The third-order valence-electron chi connectivity index (χ3n) is 0.990. The topological polar surface area (TPSA) is 61.9 Å². The van der Waals surface area contributed by atoms with Gasteiger partial charge < -0.3 is 0 Å². The maximum absolute atomic E-state index is 10.5. The van der Waals surface area contributed by atoms with Gasteiger partial charge in [0.15, 0.2) is 0 Å². The van der Waals surface area contributed by atoms with Gasteiger partial charge in [-0.3, -0.25) is 9.78 Å². The number of hydroxylamine groups is 1. The molecule has 0 aliphatic carbocycles. The Bertz CT molecular complexity index is 222. The highest BCUT2D eigenvalue weighted by atomic mass is 16.5. The fourth-order valence-electron chi connectivity index (χ4n) is 0.549. The van der Waals surface area contributed by atoms with Crippen LogP contribution >= 0.6 is 0 Å². The highest BCUT2D eigenvalue weighted by Gasteiger charge is 2.02. The molecule has 1 rings (SSSR count). The van der Waals surface area contributed by atoms with Crippen molar-refractivity contribution >= 4 is 5.91 Å². The molecule has 0 atom stereocenters. The summed E-state index contributed by atoms with van der Waals surface area (Å²) in [6.07, 6.45) is 1.45. The first-order valence-corrected chi connectivity index (χ1v) is 2.68. The van der Waals surface area contributed by atoms with E-state index < -0.39 is 5.91 Å². The summed E-state index contributed by atoms with van der Waals surface area (Å²) in [5.74, 6) is -0.708. The van der Waals surface area contributed by atoms with E-state index in [-0.39, 0.29) is 5.69 Å². The maximum atomic E-state index is 10.5. The molecule has 0 aliphatic rings. The molecule has 4 nitrogen and oxygen atoms in total. The Morgan fingerprint density at radius 3 is 2.80 bits per heavy atom. The van der Waals surface area contributed by atoms with Crippen LogP contribution in [-0.2, 0) is 5.21 Å². The van der Waals surface area contributed by atoms with Crippen molar-refractivity contribution in [2.24, 2.45) is 0 Å². The second-order valence-electron chi connectivity index (χ2n) is 1.65. The fourth-order valence-corrected chi connectivity index (χ4v) is 0.549. The number of aromatic nitrogens is 1. The normalized spacial score (nSPS) is 8.90. The molecular weight excluding hydrogens is 132 g/mol. The first kappa shape index (κ1) is 6.70. The van der Waals surface area contributed by atoms with Crippen molar-refractivity contribution in [1.82, 2.24) is 10.5 Å². The first-order valence-electron chi connectivity index (χ1n) is 2.68. The van der Waals surface area contributed by atoms with Crippen molar-refractivity contribution in [3.8, 4) is 0 Å². The van der Waals surface area contributed by atoms with E-state index in [2.05, 4.69) is 4.98 Å². The number of pyridine rings is 1. The summed E-state index contributed by atoms with van der Waals surface area (Å²) in [5.41, 5.74) is 1.37. The lowest BCUT2D eigenvalue weighted by molar-refractivity contribution is 0.0459. The van der Waals surface area contributed by atoms with Gasteiger partial charge in [-0.05, 0) is 12.1 Å². The predicted octanol–water partition coefficient (Wildman–Crippen LogP) is 0.157. The fraction of sp³-hybridized carbons (Fsp3) is 0. The maximum Gasteiger partial charge on any atom is 0.295 e. The second kappa shape index (κ2) is 2.93. The van der Waals surface area contributed by atoms with Gasteiger partial charge in [0.05, 0.1) is 0 Å². The summed E-state index contributed by atoms with van der Waals surface area (Å²) < 4.78 is 0. The number of amides is 1. The highest BCUT2D eigenvalue weighted by molar-refractivity contribution is 5.91. The van der Waals surface area contributed by atoms with E-state index in [1.54, 1.807) is 12.1 Å². The summed E-state index contributed by atoms with van der Waals surface area (Å²) >= 11 is 0. The smallest absolute Gasteiger partial charge is 0.265 e. The van der Waals surface area contributed by atoms with Gasteiger partial charge in [0.2, 0.25) is 0 Å². The number of rotatable bonds is 1. The van der Waals surface area contributed by atoms with E-state index in [9.17, 15) is 10.0 Å². The van der Waals surface area contributed by atoms with Gasteiger partial charge in [0.25, 0.3) is 5.91 Å². The Morgan fingerprint density at radius 1 is 1.50 bits per heavy atom. The number of carbonyl (C=O) groups excluding carboxylic acids is 1. The molecule has 51 valence electrons. The number of nitrogens with one attached hydrogen (secondary N) is 1. The van der Waals surface area contributed by atoms with Crippen LogP contribution in [-0.4, -0.2) is 10.9 Å². The molecule has 10 heavy (non-hydrogen) atoms. The molecule has 0 bridgehead atoms. The van der Waals surface area contributed by atoms with Crippen molar-refractivity contribution < 1.29 is 10.0 Å². The van der Waals surface area contributed by atoms with Gasteiger partial charge >= 0.3 is 0 Å². The standard InChI is InChI=1S/C6H5N2O2/c9-6(8-10)5-3-1-2-4-7-5/h1-4H,(H,8,9). The molecule has 1 radical (unpaired) electrons. The summed E-state index contributed by atoms with van der Waals surface area (Å²) in [6.45, 7) is 0. The molecule has 1 aromatic heterocycles. The molecule has 0 saturated carbocycles. The number of hydrogen-bond acceptors (Lipinski definition) is 2. The predicted molar refractivity (Wildman–Crippen MR) is 32.4 cm³/mol. The highest BCUT2D eigenvalue weighted by Crippen LogP contribution is 1.90. The van der Waals surface area contributed by atoms with Gasteiger partial charge in [0.1, 0.15) is 5.69 Å². The van der Waals surface area contributed by atoms with Gasteiger partial charge in [-0.25, -0.2) is 0 Å². The van der Waals surface area contributed by atoms with E-state index in [1.165, 1.54) is 17.7 Å². The average molecular weight is 137 g/mol. The van der Waals surface area contributed by atoms with Gasteiger partial charge in [-0.15, -0.1) is 0 Å². The van der Waals surface area contributed by atoms with Crippen LogP contribution in [0.3, 0.4) is 0 Å². The van der Waals surface area contributed by atoms with Crippen LogP contribution in [0.2, 0.25) is 0 Å². The Balaban J connectivity index is 2.85. The van der Waals surface area contributed by atoms with Crippen LogP contribution in [0.4, 0.5) is 0 Å². The monoisotopic (exact) mass is 137 g/mol. The average Bonchev–Trinajstić information content (AvgIpc) is 2.05. The SMILES string of the molecule is [O]NC(=O)c1ccccn1. The van der Waals surface area contributed by atoms with Crippen LogP contribution in [0.1, 0.15) is 10.5 Å². The molecule has 1 amide bonds. The van der Waals surface area contributed by atoms with Crippen molar-refractivity contribution in [2.45, 2.75) is 0 Å². The number of carbonyl (C=O) groups is 1.